The number of amides is 1. The van der Waals surface area contributed by atoms with E-state index in [9.17, 15) is 9.18 Å². The highest BCUT2D eigenvalue weighted by Gasteiger charge is 2.35. The summed E-state index contributed by atoms with van der Waals surface area (Å²) in [6.07, 6.45) is -0.366. The molecule has 1 aliphatic rings. The fraction of sp³-hybridized carbons (Fsp3) is 0.278. The molecular formula is C18H19ClFN3O2. The fourth-order valence-electron chi connectivity index (χ4n) is 3.01. The highest BCUT2D eigenvalue weighted by Crippen LogP contribution is 2.28. The number of ether oxygens (including phenoxy) is 1. The van der Waals surface area contributed by atoms with E-state index in [0.29, 0.717) is 0 Å². The van der Waals surface area contributed by atoms with Crippen molar-refractivity contribution in [2.24, 2.45) is 0 Å². The van der Waals surface area contributed by atoms with Crippen LogP contribution in [0.1, 0.15) is 28.8 Å². The molecule has 1 aliphatic heterocycles. The van der Waals surface area contributed by atoms with Gasteiger partial charge in [-0.25, -0.2) is 9.82 Å². The SMILES string of the molecule is COc1ccc(C2C(C)NNC2NC(=O)c2cc(F)ccc2Cl)cc1. The molecule has 2 aromatic carbocycles. The van der Waals surface area contributed by atoms with E-state index < -0.39 is 11.7 Å². The third-order valence-electron chi connectivity index (χ3n) is 4.32. The van der Waals surface area contributed by atoms with Crippen molar-refractivity contribution in [1.82, 2.24) is 16.2 Å². The van der Waals surface area contributed by atoms with Crippen molar-refractivity contribution in [2.75, 3.05) is 7.11 Å². The topological polar surface area (TPSA) is 62.4 Å². The lowest BCUT2D eigenvalue weighted by molar-refractivity contribution is 0.0928. The van der Waals surface area contributed by atoms with E-state index in [0.717, 1.165) is 17.4 Å². The van der Waals surface area contributed by atoms with Crippen LogP contribution in [0.3, 0.4) is 0 Å². The molecule has 0 aliphatic carbocycles. The van der Waals surface area contributed by atoms with Gasteiger partial charge in [-0.05, 0) is 42.8 Å². The smallest absolute Gasteiger partial charge is 0.254 e. The second-order valence-corrected chi connectivity index (χ2v) is 6.36. The van der Waals surface area contributed by atoms with Gasteiger partial charge in [-0.1, -0.05) is 23.7 Å². The summed E-state index contributed by atoms with van der Waals surface area (Å²) in [6.45, 7) is 2.02. The van der Waals surface area contributed by atoms with E-state index in [-0.39, 0.29) is 28.7 Å². The Bertz CT molecular complexity index is 769. The number of rotatable bonds is 4. The lowest BCUT2D eigenvalue weighted by Gasteiger charge is -2.23. The molecule has 0 saturated carbocycles. The molecule has 1 fully saturated rings. The number of hydrogen-bond donors (Lipinski definition) is 3. The minimum absolute atomic E-state index is 0.0119. The standard InChI is InChI=1S/C18H19ClFN3O2/c1-10-16(11-3-6-13(25-2)7-4-11)17(23-22-10)21-18(24)14-9-12(20)5-8-15(14)19/h3-10,16-17,22-23H,1-2H3,(H,21,24). The molecule has 25 heavy (non-hydrogen) atoms. The predicted octanol–water partition coefficient (Wildman–Crippen LogP) is 2.82. The Kier molecular flexibility index (Phi) is 5.22. The zero-order chi connectivity index (χ0) is 18.0. The lowest BCUT2D eigenvalue weighted by atomic mass is 9.91. The summed E-state index contributed by atoms with van der Waals surface area (Å²) in [5.74, 6) is -0.187. The molecule has 5 nitrogen and oxygen atoms in total. The maximum atomic E-state index is 13.4. The van der Waals surface area contributed by atoms with Crippen LogP contribution in [-0.2, 0) is 0 Å². The summed E-state index contributed by atoms with van der Waals surface area (Å²) in [4.78, 5) is 12.5. The Hall–Kier alpha value is -2.15. The molecule has 132 valence electrons. The van der Waals surface area contributed by atoms with E-state index in [1.54, 1.807) is 7.11 Å². The number of nitrogens with one attached hydrogen (secondary N) is 3. The van der Waals surface area contributed by atoms with Crippen molar-refractivity contribution in [3.05, 3.63) is 64.4 Å². The van der Waals surface area contributed by atoms with Gasteiger partial charge in [0, 0.05) is 12.0 Å². The van der Waals surface area contributed by atoms with Gasteiger partial charge in [-0.15, -0.1) is 0 Å². The second kappa shape index (κ2) is 7.39. The molecule has 1 heterocycles. The summed E-state index contributed by atoms with van der Waals surface area (Å²) in [5, 5.41) is 3.08. The number of hydrazine groups is 1. The first-order valence-electron chi connectivity index (χ1n) is 7.90. The second-order valence-electron chi connectivity index (χ2n) is 5.95. The Balaban J connectivity index is 1.80. The third kappa shape index (κ3) is 3.76. The van der Waals surface area contributed by atoms with Crippen LogP contribution in [-0.4, -0.2) is 25.2 Å². The van der Waals surface area contributed by atoms with Crippen LogP contribution in [0.2, 0.25) is 5.02 Å². The normalized spacial score (nSPS) is 22.6. The quantitative estimate of drug-likeness (QED) is 0.781. The maximum Gasteiger partial charge on any atom is 0.254 e. The van der Waals surface area contributed by atoms with E-state index in [2.05, 4.69) is 16.2 Å². The molecule has 3 unspecified atom stereocenters. The minimum atomic E-state index is -0.507. The summed E-state index contributed by atoms with van der Waals surface area (Å²) in [5.41, 5.74) is 7.35. The summed E-state index contributed by atoms with van der Waals surface area (Å²) in [7, 11) is 1.61. The van der Waals surface area contributed by atoms with Gasteiger partial charge in [0.2, 0.25) is 0 Å². The average Bonchev–Trinajstić information content (AvgIpc) is 2.97. The van der Waals surface area contributed by atoms with Gasteiger partial charge in [-0.2, -0.15) is 0 Å². The first kappa shape index (κ1) is 17.7. The number of hydrogen-bond acceptors (Lipinski definition) is 4. The molecule has 2 aromatic rings. The Labute approximate surface area is 150 Å². The fourth-order valence-corrected chi connectivity index (χ4v) is 3.22. The first-order chi connectivity index (χ1) is 12.0. The van der Waals surface area contributed by atoms with Crippen LogP contribution in [0.15, 0.2) is 42.5 Å². The predicted molar refractivity (Wildman–Crippen MR) is 94.1 cm³/mol. The van der Waals surface area contributed by atoms with Gasteiger partial charge >= 0.3 is 0 Å². The monoisotopic (exact) mass is 363 g/mol. The molecule has 7 heteroatoms. The van der Waals surface area contributed by atoms with Crippen molar-refractivity contribution in [3.8, 4) is 5.75 Å². The minimum Gasteiger partial charge on any atom is -0.497 e. The molecular weight excluding hydrogens is 345 g/mol. The van der Waals surface area contributed by atoms with Crippen LogP contribution >= 0.6 is 11.6 Å². The molecule has 3 N–H and O–H groups in total. The van der Waals surface area contributed by atoms with Crippen LogP contribution in [0, 0.1) is 5.82 Å². The van der Waals surface area contributed by atoms with E-state index in [4.69, 9.17) is 16.3 Å². The van der Waals surface area contributed by atoms with Crippen molar-refractivity contribution < 1.29 is 13.9 Å². The summed E-state index contributed by atoms with van der Waals surface area (Å²) >= 11 is 6.01. The van der Waals surface area contributed by atoms with Crippen molar-refractivity contribution in [3.63, 3.8) is 0 Å². The summed E-state index contributed by atoms with van der Waals surface area (Å²) < 4.78 is 18.6. The van der Waals surface area contributed by atoms with Gasteiger partial charge in [0.1, 0.15) is 17.7 Å². The molecule has 0 radical (unpaired) electrons. The van der Waals surface area contributed by atoms with Gasteiger partial charge in [0.25, 0.3) is 5.91 Å². The average molecular weight is 364 g/mol. The van der Waals surface area contributed by atoms with Crippen molar-refractivity contribution in [1.29, 1.82) is 0 Å². The van der Waals surface area contributed by atoms with Crippen LogP contribution < -0.4 is 20.9 Å². The van der Waals surface area contributed by atoms with E-state index >= 15 is 0 Å². The maximum absolute atomic E-state index is 13.4. The van der Waals surface area contributed by atoms with Gasteiger partial charge in [0.05, 0.1) is 17.7 Å². The number of halogens is 2. The van der Waals surface area contributed by atoms with Crippen LogP contribution in [0.5, 0.6) is 5.75 Å². The number of carbonyl (C=O) groups is 1. The Morgan fingerprint density at radius 2 is 1.92 bits per heavy atom. The van der Waals surface area contributed by atoms with Crippen LogP contribution in [0.4, 0.5) is 4.39 Å². The molecule has 3 atom stereocenters. The van der Waals surface area contributed by atoms with Crippen molar-refractivity contribution in [2.45, 2.75) is 25.0 Å². The molecule has 1 saturated heterocycles. The first-order valence-corrected chi connectivity index (χ1v) is 8.28. The van der Waals surface area contributed by atoms with E-state index in [1.165, 1.54) is 12.1 Å². The van der Waals surface area contributed by atoms with Crippen LogP contribution in [0.25, 0.3) is 0 Å². The highest BCUT2D eigenvalue weighted by molar-refractivity contribution is 6.33. The molecule has 0 aromatic heterocycles. The lowest BCUT2D eigenvalue weighted by Crippen LogP contribution is -2.46. The molecule has 0 bridgehead atoms. The third-order valence-corrected chi connectivity index (χ3v) is 4.65. The Morgan fingerprint density at radius 1 is 1.20 bits per heavy atom. The zero-order valence-electron chi connectivity index (χ0n) is 13.8. The van der Waals surface area contributed by atoms with Gasteiger partial charge in [-0.3, -0.25) is 10.2 Å². The number of benzene rings is 2. The Morgan fingerprint density at radius 3 is 2.60 bits per heavy atom. The molecule has 1 amide bonds. The highest BCUT2D eigenvalue weighted by atomic mass is 35.5. The number of carbonyl (C=O) groups excluding carboxylic acids is 1. The molecule has 0 spiro atoms. The number of methoxy groups -OCH3 is 1. The largest absolute Gasteiger partial charge is 0.497 e. The molecule has 3 rings (SSSR count). The van der Waals surface area contributed by atoms with Crippen molar-refractivity contribution >= 4 is 17.5 Å². The zero-order valence-corrected chi connectivity index (χ0v) is 14.6. The van der Waals surface area contributed by atoms with Gasteiger partial charge < -0.3 is 10.1 Å². The van der Waals surface area contributed by atoms with Gasteiger partial charge in [0.15, 0.2) is 0 Å². The van der Waals surface area contributed by atoms with E-state index in [1.807, 2.05) is 31.2 Å². The summed E-state index contributed by atoms with van der Waals surface area (Å²) in [6, 6.07) is 11.5.